The number of ketones is 1. The minimum Gasteiger partial charge on any atom is -0.494 e. The molecule has 0 atom stereocenters. The topological polar surface area (TPSA) is 26.3 Å². The number of carbonyl (C=O) groups is 1. The summed E-state index contributed by atoms with van der Waals surface area (Å²) in [6, 6.07) is 7.63. The molecule has 2 nitrogen and oxygen atoms in total. The van der Waals surface area contributed by atoms with E-state index in [1.807, 2.05) is 31.2 Å². The maximum absolute atomic E-state index is 12.7. The van der Waals surface area contributed by atoms with Crippen molar-refractivity contribution < 1.29 is 9.53 Å². The second-order valence-corrected chi connectivity index (χ2v) is 5.13. The first-order chi connectivity index (χ1) is 8.72. The highest BCUT2D eigenvalue weighted by atomic mass is 16.5. The molecular weight excluding hydrogens is 224 g/mol. The average molecular weight is 246 g/mol. The Morgan fingerprint density at radius 3 is 2.61 bits per heavy atom. The van der Waals surface area contributed by atoms with Crippen molar-refractivity contribution in [3.63, 3.8) is 0 Å². The molecule has 0 bridgehead atoms. The van der Waals surface area contributed by atoms with E-state index in [0.29, 0.717) is 12.4 Å². The van der Waals surface area contributed by atoms with Crippen LogP contribution in [-0.4, -0.2) is 12.4 Å². The van der Waals surface area contributed by atoms with Crippen LogP contribution in [0.4, 0.5) is 0 Å². The molecule has 0 aliphatic heterocycles. The van der Waals surface area contributed by atoms with Gasteiger partial charge in [-0.15, -0.1) is 0 Å². The Morgan fingerprint density at radius 2 is 2.00 bits per heavy atom. The molecule has 1 aliphatic rings. The largest absolute Gasteiger partial charge is 0.494 e. The highest BCUT2D eigenvalue weighted by Crippen LogP contribution is 2.43. The van der Waals surface area contributed by atoms with Crippen molar-refractivity contribution in [2.45, 2.75) is 46.0 Å². The van der Waals surface area contributed by atoms with Gasteiger partial charge in [0.2, 0.25) is 0 Å². The molecule has 1 aromatic rings. The fourth-order valence-electron chi connectivity index (χ4n) is 2.99. The van der Waals surface area contributed by atoms with E-state index in [9.17, 15) is 4.79 Å². The lowest BCUT2D eigenvalue weighted by Crippen LogP contribution is -2.27. The minimum absolute atomic E-state index is 0.106. The summed E-state index contributed by atoms with van der Waals surface area (Å²) in [6.45, 7) is 4.73. The molecule has 1 fully saturated rings. The van der Waals surface area contributed by atoms with E-state index < -0.39 is 0 Å². The van der Waals surface area contributed by atoms with E-state index in [4.69, 9.17) is 4.74 Å². The number of benzene rings is 1. The van der Waals surface area contributed by atoms with Crippen LogP contribution in [0, 0.1) is 5.41 Å². The molecule has 98 valence electrons. The van der Waals surface area contributed by atoms with Crippen LogP contribution < -0.4 is 4.74 Å². The fraction of sp³-hybridized carbons (Fsp3) is 0.562. The van der Waals surface area contributed by atoms with Crippen molar-refractivity contribution in [2.24, 2.45) is 5.41 Å². The molecule has 0 radical (unpaired) electrons. The molecule has 2 heteroatoms. The Morgan fingerprint density at radius 1 is 1.28 bits per heavy atom. The van der Waals surface area contributed by atoms with Gasteiger partial charge in [0.1, 0.15) is 5.75 Å². The van der Waals surface area contributed by atoms with Crippen LogP contribution in [0.3, 0.4) is 0 Å². The van der Waals surface area contributed by atoms with E-state index >= 15 is 0 Å². The average Bonchev–Trinajstić information content (AvgIpc) is 2.88. The van der Waals surface area contributed by atoms with Crippen molar-refractivity contribution in [3.8, 4) is 5.75 Å². The van der Waals surface area contributed by atoms with Gasteiger partial charge in [-0.3, -0.25) is 4.79 Å². The van der Waals surface area contributed by atoms with Crippen molar-refractivity contribution in [1.82, 2.24) is 0 Å². The first-order valence-corrected chi connectivity index (χ1v) is 6.99. The van der Waals surface area contributed by atoms with E-state index in [2.05, 4.69) is 6.92 Å². The van der Waals surface area contributed by atoms with Crippen LogP contribution >= 0.6 is 0 Å². The number of hydrogen-bond acceptors (Lipinski definition) is 2. The predicted molar refractivity (Wildman–Crippen MR) is 73.1 cm³/mol. The van der Waals surface area contributed by atoms with Gasteiger partial charge in [0.25, 0.3) is 0 Å². The summed E-state index contributed by atoms with van der Waals surface area (Å²) in [5.74, 6) is 1.11. The summed E-state index contributed by atoms with van der Waals surface area (Å²) < 4.78 is 5.47. The summed E-state index contributed by atoms with van der Waals surface area (Å²) >= 11 is 0. The van der Waals surface area contributed by atoms with Crippen molar-refractivity contribution >= 4 is 5.78 Å². The van der Waals surface area contributed by atoms with Gasteiger partial charge < -0.3 is 4.74 Å². The minimum atomic E-state index is -0.106. The van der Waals surface area contributed by atoms with Crippen LogP contribution in [0.25, 0.3) is 0 Å². The van der Waals surface area contributed by atoms with Gasteiger partial charge >= 0.3 is 0 Å². The summed E-state index contributed by atoms with van der Waals surface area (Å²) in [7, 11) is 0. The van der Waals surface area contributed by atoms with Gasteiger partial charge in [-0.25, -0.2) is 0 Å². The molecule has 0 spiro atoms. The van der Waals surface area contributed by atoms with Gasteiger partial charge in [0.05, 0.1) is 6.61 Å². The Hall–Kier alpha value is -1.31. The zero-order chi connectivity index (χ0) is 13.0. The van der Waals surface area contributed by atoms with E-state index in [-0.39, 0.29) is 5.41 Å². The molecule has 0 heterocycles. The van der Waals surface area contributed by atoms with Crippen LogP contribution in [0.2, 0.25) is 0 Å². The molecule has 2 rings (SSSR count). The fourth-order valence-corrected chi connectivity index (χ4v) is 2.99. The van der Waals surface area contributed by atoms with Gasteiger partial charge in [-0.1, -0.05) is 31.9 Å². The van der Waals surface area contributed by atoms with Crippen LogP contribution in [0.5, 0.6) is 5.75 Å². The molecule has 0 amide bonds. The van der Waals surface area contributed by atoms with E-state index in [1.54, 1.807) is 0 Å². The molecule has 1 saturated carbocycles. The molecule has 0 unspecified atom stereocenters. The maximum atomic E-state index is 12.7. The predicted octanol–water partition coefficient (Wildman–Crippen LogP) is 4.24. The first kappa shape index (κ1) is 13.1. The lowest BCUT2D eigenvalue weighted by atomic mass is 9.76. The molecular formula is C16H22O2. The number of carbonyl (C=O) groups excluding carboxylic acids is 1. The molecule has 0 aromatic heterocycles. The first-order valence-electron chi connectivity index (χ1n) is 6.99. The number of hydrogen-bond donors (Lipinski definition) is 0. The quantitative estimate of drug-likeness (QED) is 0.726. The van der Waals surface area contributed by atoms with E-state index in [1.165, 1.54) is 12.8 Å². The summed E-state index contributed by atoms with van der Waals surface area (Å²) in [5.41, 5.74) is 0.704. The maximum Gasteiger partial charge on any atom is 0.169 e. The number of Topliss-reactive ketones (excluding diaryl/α,β-unsaturated/α-hetero) is 1. The van der Waals surface area contributed by atoms with Crippen molar-refractivity contribution in [2.75, 3.05) is 6.61 Å². The Labute approximate surface area is 109 Å². The van der Waals surface area contributed by atoms with Crippen LogP contribution in [0.1, 0.15) is 56.3 Å². The van der Waals surface area contributed by atoms with E-state index in [0.717, 1.165) is 30.6 Å². The molecule has 1 aromatic carbocycles. The zero-order valence-corrected chi connectivity index (χ0v) is 11.4. The standard InChI is InChI=1S/C16H22O2/c1-3-16(10-5-6-11-16)15(17)13-8-7-9-14(12-13)18-4-2/h7-9,12H,3-6,10-11H2,1-2H3. The second kappa shape index (κ2) is 5.55. The number of ether oxygens (including phenoxy) is 1. The SMILES string of the molecule is CCOc1cccc(C(=O)C2(CC)CCCC2)c1. The highest BCUT2D eigenvalue weighted by molar-refractivity contribution is 6.01. The molecule has 0 N–H and O–H groups in total. The third-order valence-electron chi connectivity index (χ3n) is 4.13. The third kappa shape index (κ3) is 2.43. The normalized spacial score (nSPS) is 17.7. The van der Waals surface area contributed by atoms with Crippen molar-refractivity contribution in [1.29, 1.82) is 0 Å². The van der Waals surface area contributed by atoms with Gasteiger partial charge in [-0.2, -0.15) is 0 Å². The molecule has 18 heavy (non-hydrogen) atoms. The molecule has 0 saturated heterocycles. The van der Waals surface area contributed by atoms with Gasteiger partial charge in [0.15, 0.2) is 5.78 Å². The van der Waals surface area contributed by atoms with Crippen LogP contribution in [-0.2, 0) is 0 Å². The van der Waals surface area contributed by atoms with Crippen molar-refractivity contribution in [3.05, 3.63) is 29.8 Å². The van der Waals surface area contributed by atoms with Gasteiger partial charge in [0, 0.05) is 11.0 Å². The Bertz CT molecular complexity index is 417. The monoisotopic (exact) mass is 246 g/mol. The third-order valence-corrected chi connectivity index (χ3v) is 4.13. The summed E-state index contributed by atoms with van der Waals surface area (Å²) in [6.07, 6.45) is 5.41. The zero-order valence-electron chi connectivity index (χ0n) is 11.4. The molecule has 1 aliphatic carbocycles. The lowest BCUT2D eigenvalue weighted by Gasteiger charge is -2.25. The summed E-state index contributed by atoms with van der Waals surface area (Å²) in [5, 5.41) is 0. The Kier molecular flexibility index (Phi) is 4.05. The van der Waals surface area contributed by atoms with Crippen LogP contribution in [0.15, 0.2) is 24.3 Å². The Balaban J connectivity index is 2.24. The smallest absolute Gasteiger partial charge is 0.169 e. The lowest BCUT2D eigenvalue weighted by molar-refractivity contribution is 0.0791. The summed E-state index contributed by atoms with van der Waals surface area (Å²) in [4.78, 5) is 12.7. The second-order valence-electron chi connectivity index (χ2n) is 5.13. The van der Waals surface area contributed by atoms with Gasteiger partial charge in [-0.05, 0) is 38.3 Å². The highest BCUT2D eigenvalue weighted by Gasteiger charge is 2.39. The number of rotatable bonds is 5.